The van der Waals surface area contributed by atoms with E-state index in [1.54, 1.807) is 24.3 Å². The van der Waals surface area contributed by atoms with Crippen molar-refractivity contribution in [2.75, 3.05) is 24.6 Å². The van der Waals surface area contributed by atoms with Crippen molar-refractivity contribution in [2.45, 2.75) is 24.8 Å². The molecule has 0 bridgehead atoms. The Morgan fingerprint density at radius 1 is 1.33 bits per heavy atom. The van der Waals surface area contributed by atoms with E-state index in [0.29, 0.717) is 18.9 Å². The lowest BCUT2D eigenvalue weighted by Gasteiger charge is -2.33. The van der Waals surface area contributed by atoms with Gasteiger partial charge in [-0.3, -0.25) is 4.79 Å². The molecule has 1 unspecified atom stereocenters. The predicted octanol–water partition coefficient (Wildman–Crippen LogP) is 4.42. The first kappa shape index (κ1) is 21.0. The third-order valence-electron chi connectivity index (χ3n) is 4.87. The summed E-state index contributed by atoms with van der Waals surface area (Å²) in [5, 5.41) is 0.454. The lowest BCUT2D eigenvalue weighted by atomic mass is 10.1. The molecule has 3 aromatic rings. The van der Waals surface area contributed by atoms with Crippen LogP contribution in [-0.2, 0) is 22.7 Å². The molecule has 1 aliphatic rings. The Kier molecular flexibility index (Phi) is 6.19. The fraction of sp³-hybridized carbons (Fsp3) is 0.286. The van der Waals surface area contributed by atoms with E-state index in [2.05, 4.69) is 4.72 Å². The number of amides is 1. The molecule has 9 heteroatoms. The van der Waals surface area contributed by atoms with E-state index in [1.165, 1.54) is 12.1 Å². The van der Waals surface area contributed by atoms with E-state index in [-0.39, 0.29) is 26.6 Å². The van der Waals surface area contributed by atoms with Crippen molar-refractivity contribution in [3.8, 4) is 0 Å². The number of nitrogens with zero attached hydrogens (tertiary/aromatic N) is 1. The molecule has 0 spiro atoms. The van der Waals surface area contributed by atoms with Gasteiger partial charge in [-0.25, -0.2) is 4.39 Å². The molecule has 30 heavy (non-hydrogen) atoms. The van der Waals surface area contributed by atoms with Gasteiger partial charge >= 0.3 is 5.91 Å². The number of carbonyl (C=O) groups excluding carboxylic acids is 1. The van der Waals surface area contributed by atoms with Crippen LogP contribution in [0.2, 0.25) is 5.02 Å². The number of hydrogen-bond donors (Lipinski definition) is 1. The first-order valence-electron chi connectivity index (χ1n) is 9.53. The molecule has 1 amide bonds. The van der Waals surface area contributed by atoms with Crippen molar-refractivity contribution in [1.29, 1.82) is 0 Å². The minimum absolute atomic E-state index is 0.125. The summed E-state index contributed by atoms with van der Waals surface area (Å²) in [6.45, 7) is 4.48. The maximum absolute atomic E-state index is 14.5. The Bertz CT molecular complexity index is 1090. The zero-order valence-corrected chi connectivity index (χ0v) is 17.8. The number of anilines is 1. The highest BCUT2D eigenvalue weighted by Crippen LogP contribution is 2.30. The number of halogens is 2. The van der Waals surface area contributed by atoms with Crippen molar-refractivity contribution < 1.29 is 22.9 Å². The van der Waals surface area contributed by atoms with Gasteiger partial charge < -0.3 is 18.6 Å². The van der Waals surface area contributed by atoms with Gasteiger partial charge in [0.25, 0.3) is 0 Å². The molecule has 1 fully saturated rings. The van der Waals surface area contributed by atoms with Crippen LogP contribution in [0.1, 0.15) is 29.5 Å². The highest BCUT2D eigenvalue weighted by atomic mass is 35.5. The summed E-state index contributed by atoms with van der Waals surface area (Å²) < 4.78 is 40.4. The molecule has 1 saturated heterocycles. The topological polar surface area (TPSA) is 77.8 Å². The van der Waals surface area contributed by atoms with Crippen molar-refractivity contribution >= 4 is 45.5 Å². The number of fused-ring (bicyclic) bond motifs is 1. The smallest absolute Gasteiger partial charge is 0.328 e. The molecule has 1 N–H and O–H groups in total. The van der Waals surface area contributed by atoms with Gasteiger partial charge in [-0.15, -0.1) is 0 Å². The second-order valence-electron chi connectivity index (χ2n) is 6.89. The van der Waals surface area contributed by atoms with Gasteiger partial charge in [0.15, 0.2) is 10.7 Å². The number of rotatable bonds is 7. The molecule has 2 heterocycles. The van der Waals surface area contributed by atoms with E-state index in [1.807, 2.05) is 11.8 Å². The molecular weight excluding hydrogens is 431 g/mol. The lowest BCUT2D eigenvalue weighted by molar-refractivity contribution is 0.0956. The Hall–Kier alpha value is -2.26. The quantitative estimate of drug-likeness (QED) is 0.539. The molecule has 1 atom stereocenters. The SMILES string of the molecule is CCOCc1ccc(Cl)c([S+]([O-])NC(=O)c2cc3c(F)cc(N4CCC4)cc3o2)c1. The Labute approximate surface area is 181 Å². The molecule has 1 aromatic heterocycles. The fourth-order valence-corrected chi connectivity index (χ4v) is 4.35. The fourth-order valence-electron chi connectivity index (χ4n) is 3.14. The molecule has 4 rings (SSSR count). The summed E-state index contributed by atoms with van der Waals surface area (Å²) in [6, 6.07) is 9.43. The van der Waals surface area contributed by atoms with E-state index in [4.69, 9.17) is 20.8 Å². The van der Waals surface area contributed by atoms with Crippen LogP contribution < -0.4 is 9.62 Å². The summed E-state index contributed by atoms with van der Waals surface area (Å²) in [5.41, 5.74) is 1.77. The van der Waals surface area contributed by atoms with Gasteiger partial charge in [0.2, 0.25) is 0 Å². The second-order valence-corrected chi connectivity index (χ2v) is 8.48. The highest BCUT2D eigenvalue weighted by Gasteiger charge is 2.25. The molecule has 2 aromatic carbocycles. The number of nitrogens with one attached hydrogen (secondary N) is 1. The average molecular weight is 451 g/mol. The van der Waals surface area contributed by atoms with Crippen molar-refractivity contribution in [2.24, 2.45) is 0 Å². The van der Waals surface area contributed by atoms with Gasteiger partial charge in [-0.1, -0.05) is 17.7 Å². The average Bonchev–Trinajstić information content (AvgIpc) is 3.11. The Morgan fingerprint density at radius 3 is 2.83 bits per heavy atom. The number of carbonyl (C=O) groups is 1. The van der Waals surface area contributed by atoms with Crippen LogP contribution in [0.15, 0.2) is 45.7 Å². The number of furan rings is 1. The molecule has 0 aliphatic carbocycles. The summed E-state index contributed by atoms with van der Waals surface area (Å²) >= 11 is 4.22. The Balaban J connectivity index is 1.53. The second kappa shape index (κ2) is 8.85. The van der Waals surface area contributed by atoms with Crippen molar-refractivity contribution in [1.82, 2.24) is 4.72 Å². The van der Waals surface area contributed by atoms with Gasteiger partial charge in [0, 0.05) is 43.6 Å². The maximum atomic E-state index is 14.5. The predicted molar refractivity (Wildman–Crippen MR) is 114 cm³/mol. The van der Waals surface area contributed by atoms with Crippen LogP contribution in [0.3, 0.4) is 0 Å². The number of benzene rings is 2. The van der Waals surface area contributed by atoms with E-state index < -0.39 is 23.1 Å². The normalized spacial score (nSPS) is 14.6. The molecular formula is C21H20ClFN2O4S. The molecule has 158 valence electrons. The number of hydrogen-bond acceptors (Lipinski definition) is 5. The largest absolute Gasteiger partial charge is 0.588 e. The van der Waals surface area contributed by atoms with Crippen LogP contribution in [-0.4, -0.2) is 30.2 Å². The van der Waals surface area contributed by atoms with Crippen LogP contribution in [0.25, 0.3) is 11.0 Å². The number of ether oxygens (including phenoxy) is 1. The molecule has 0 saturated carbocycles. The van der Waals surface area contributed by atoms with Crippen LogP contribution in [0.4, 0.5) is 10.1 Å². The summed E-state index contributed by atoms with van der Waals surface area (Å²) in [4.78, 5) is 14.8. The summed E-state index contributed by atoms with van der Waals surface area (Å²) in [6.07, 6.45) is 1.06. The summed E-state index contributed by atoms with van der Waals surface area (Å²) in [7, 11) is 0. The van der Waals surface area contributed by atoms with Gasteiger partial charge in [-0.05, 0) is 31.0 Å². The van der Waals surface area contributed by atoms with Crippen LogP contribution in [0, 0.1) is 5.82 Å². The minimum Gasteiger partial charge on any atom is -0.588 e. The van der Waals surface area contributed by atoms with E-state index in [9.17, 15) is 13.7 Å². The molecule has 6 nitrogen and oxygen atoms in total. The first-order valence-corrected chi connectivity index (χ1v) is 11.1. The summed E-state index contributed by atoms with van der Waals surface area (Å²) in [5.74, 6) is -1.31. The van der Waals surface area contributed by atoms with Crippen molar-refractivity contribution in [3.05, 3.63) is 58.6 Å². The van der Waals surface area contributed by atoms with Crippen LogP contribution in [0.5, 0.6) is 0 Å². The monoisotopic (exact) mass is 450 g/mol. The first-order chi connectivity index (χ1) is 14.5. The molecule has 0 radical (unpaired) electrons. The third-order valence-corrected chi connectivity index (χ3v) is 6.42. The Morgan fingerprint density at radius 2 is 2.13 bits per heavy atom. The minimum atomic E-state index is -1.92. The van der Waals surface area contributed by atoms with Gasteiger partial charge in [0.1, 0.15) is 22.8 Å². The lowest BCUT2D eigenvalue weighted by Crippen LogP contribution is -2.36. The maximum Gasteiger partial charge on any atom is 0.328 e. The van der Waals surface area contributed by atoms with Gasteiger partial charge in [0.05, 0.1) is 17.0 Å². The van der Waals surface area contributed by atoms with Crippen molar-refractivity contribution in [3.63, 3.8) is 0 Å². The molecule has 1 aliphatic heterocycles. The third kappa shape index (κ3) is 4.27. The van der Waals surface area contributed by atoms with Gasteiger partial charge in [-0.2, -0.15) is 4.72 Å². The van der Waals surface area contributed by atoms with E-state index in [0.717, 1.165) is 25.1 Å². The highest BCUT2D eigenvalue weighted by molar-refractivity contribution is 7.90. The van der Waals surface area contributed by atoms with E-state index >= 15 is 0 Å². The zero-order valence-electron chi connectivity index (χ0n) is 16.2. The van der Waals surface area contributed by atoms with Crippen LogP contribution >= 0.6 is 11.6 Å². The standard InChI is InChI=1S/C21H20ClFN2O4S/c1-2-28-12-13-4-5-16(22)20(8-13)30(27)24-21(26)19-11-15-17(23)9-14(10-18(15)29-19)25-6-3-7-25/h4-5,8-11H,2-3,6-7,12H2,1H3,(H,24,26). The zero-order chi connectivity index (χ0) is 21.3.